The lowest BCUT2D eigenvalue weighted by atomic mass is 10.3. The Balaban J connectivity index is 2.94. The molecular formula is C9H15N5O2S. The largest absolute Gasteiger partial charge is 0.369 e. The van der Waals surface area contributed by atoms with E-state index in [1.807, 2.05) is 6.92 Å². The first kappa shape index (κ1) is 13.2. The molecule has 1 heterocycles. The van der Waals surface area contributed by atoms with Crippen LogP contribution in [0.25, 0.3) is 0 Å². The monoisotopic (exact) mass is 257 g/mol. The number of nitrogens with zero attached hydrogens (tertiary/aromatic N) is 1. The Labute approximate surface area is 103 Å². The third-order valence-corrected chi connectivity index (χ3v) is 2.70. The molecule has 94 valence electrons. The van der Waals surface area contributed by atoms with Gasteiger partial charge in [-0.05, 0) is 18.0 Å². The van der Waals surface area contributed by atoms with E-state index in [0.717, 1.165) is 18.0 Å². The summed E-state index contributed by atoms with van der Waals surface area (Å²) >= 11 is 1.01. The highest BCUT2D eigenvalue weighted by Gasteiger charge is 2.19. The molecule has 0 aliphatic carbocycles. The van der Waals surface area contributed by atoms with E-state index in [1.165, 1.54) is 7.05 Å². The molecule has 0 unspecified atom stereocenters. The Morgan fingerprint density at radius 1 is 1.47 bits per heavy atom. The van der Waals surface area contributed by atoms with E-state index in [9.17, 15) is 9.59 Å². The number of rotatable bonds is 5. The molecule has 8 heteroatoms. The van der Waals surface area contributed by atoms with Crippen molar-refractivity contribution in [2.75, 3.05) is 24.2 Å². The van der Waals surface area contributed by atoms with Crippen LogP contribution in [0, 0.1) is 0 Å². The Bertz CT molecular complexity index is 418. The molecule has 7 nitrogen and oxygen atoms in total. The summed E-state index contributed by atoms with van der Waals surface area (Å²) in [6.07, 6.45) is 0.897. The maximum Gasteiger partial charge on any atom is 0.319 e. The van der Waals surface area contributed by atoms with Crippen molar-refractivity contribution in [2.24, 2.45) is 5.73 Å². The van der Waals surface area contributed by atoms with Crippen LogP contribution >= 0.6 is 11.5 Å². The number of amides is 3. The SMILES string of the molecule is CCCNc1nsc(NC(=O)NC)c1C(N)=O. The number of carbonyl (C=O) groups excluding carboxylic acids is 2. The van der Waals surface area contributed by atoms with Crippen LogP contribution < -0.4 is 21.7 Å². The van der Waals surface area contributed by atoms with E-state index in [4.69, 9.17) is 5.73 Å². The van der Waals surface area contributed by atoms with Crippen molar-refractivity contribution in [3.63, 3.8) is 0 Å². The van der Waals surface area contributed by atoms with Crippen LogP contribution in [0.1, 0.15) is 23.7 Å². The van der Waals surface area contributed by atoms with E-state index < -0.39 is 11.9 Å². The molecule has 0 saturated heterocycles. The summed E-state index contributed by atoms with van der Waals surface area (Å²) in [4.78, 5) is 22.5. The second kappa shape index (κ2) is 6.04. The van der Waals surface area contributed by atoms with Crippen LogP contribution in [0.2, 0.25) is 0 Å². The van der Waals surface area contributed by atoms with Crippen LogP contribution in [0.5, 0.6) is 0 Å². The van der Waals surface area contributed by atoms with Crippen molar-refractivity contribution < 1.29 is 9.59 Å². The van der Waals surface area contributed by atoms with Crippen molar-refractivity contribution in [3.05, 3.63) is 5.56 Å². The van der Waals surface area contributed by atoms with E-state index in [2.05, 4.69) is 20.3 Å². The van der Waals surface area contributed by atoms with E-state index in [1.54, 1.807) is 0 Å². The maximum atomic E-state index is 11.3. The molecule has 17 heavy (non-hydrogen) atoms. The Morgan fingerprint density at radius 2 is 2.18 bits per heavy atom. The van der Waals surface area contributed by atoms with Gasteiger partial charge in [-0.3, -0.25) is 10.1 Å². The van der Waals surface area contributed by atoms with Crippen LogP contribution in [0.15, 0.2) is 0 Å². The van der Waals surface area contributed by atoms with Crippen LogP contribution in [-0.4, -0.2) is 29.9 Å². The molecule has 1 aromatic rings. The first-order valence-corrected chi connectivity index (χ1v) is 5.89. The minimum absolute atomic E-state index is 0.215. The molecule has 0 aliphatic heterocycles. The van der Waals surface area contributed by atoms with Crippen LogP contribution in [0.4, 0.5) is 15.6 Å². The maximum absolute atomic E-state index is 11.3. The molecule has 0 aromatic carbocycles. The van der Waals surface area contributed by atoms with Gasteiger partial charge in [0, 0.05) is 13.6 Å². The fourth-order valence-electron chi connectivity index (χ4n) is 1.13. The van der Waals surface area contributed by atoms with Gasteiger partial charge in [-0.15, -0.1) is 0 Å². The number of anilines is 2. The number of urea groups is 1. The number of carbonyl (C=O) groups is 2. The Morgan fingerprint density at radius 3 is 2.71 bits per heavy atom. The summed E-state index contributed by atoms with van der Waals surface area (Å²) in [6, 6.07) is -0.418. The van der Waals surface area contributed by atoms with Crippen LogP contribution in [0.3, 0.4) is 0 Å². The minimum Gasteiger partial charge on any atom is -0.369 e. The summed E-state index contributed by atoms with van der Waals surface area (Å²) in [5.41, 5.74) is 5.48. The fourth-order valence-corrected chi connectivity index (χ4v) is 1.90. The van der Waals surface area contributed by atoms with Gasteiger partial charge in [0.1, 0.15) is 10.6 Å². The van der Waals surface area contributed by atoms with E-state index in [-0.39, 0.29) is 5.56 Å². The van der Waals surface area contributed by atoms with Gasteiger partial charge in [0.2, 0.25) is 0 Å². The van der Waals surface area contributed by atoms with Gasteiger partial charge in [-0.1, -0.05) is 6.92 Å². The highest BCUT2D eigenvalue weighted by molar-refractivity contribution is 7.11. The lowest BCUT2D eigenvalue weighted by Gasteiger charge is -2.05. The number of hydrogen-bond donors (Lipinski definition) is 4. The Hall–Kier alpha value is -1.83. The molecule has 1 rings (SSSR count). The van der Waals surface area contributed by atoms with Crippen molar-refractivity contribution >= 4 is 34.3 Å². The zero-order chi connectivity index (χ0) is 12.8. The zero-order valence-corrected chi connectivity index (χ0v) is 10.5. The lowest BCUT2D eigenvalue weighted by molar-refractivity contribution is 0.100. The summed E-state index contributed by atoms with van der Waals surface area (Å²) in [5.74, 6) is -0.209. The lowest BCUT2D eigenvalue weighted by Crippen LogP contribution is -2.25. The minimum atomic E-state index is -0.622. The number of nitrogens with two attached hydrogens (primary N) is 1. The molecule has 0 spiro atoms. The normalized spacial score (nSPS) is 9.76. The van der Waals surface area contributed by atoms with Gasteiger partial charge in [-0.2, -0.15) is 4.37 Å². The van der Waals surface area contributed by atoms with Gasteiger partial charge >= 0.3 is 6.03 Å². The topological polar surface area (TPSA) is 109 Å². The van der Waals surface area contributed by atoms with Crippen molar-refractivity contribution in [2.45, 2.75) is 13.3 Å². The summed E-state index contributed by atoms with van der Waals surface area (Å²) in [6.45, 7) is 2.68. The summed E-state index contributed by atoms with van der Waals surface area (Å²) in [5, 5.41) is 8.22. The second-order valence-corrected chi connectivity index (χ2v) is 4.00. The molecule has 3 amide bonds. The standard InChI is InChI=1S/C9H15N5O2S/c1-3-4-12-7-5(6(10)15)8(17-14-7)13-9(16)11-2/h3-4H2,1-2H3,(H2,10,15)(H,12,14)(H2,11,13,16). The predicted molar refractivity (Wildman–Crippen MR) is 67.5 cm³/mol. The van der Waals surface area contributed by atoms with Gasteiger partial charge < -0.3 is 16.4 Å². The molecule has 0 atom stereocenters. The molecular weight excluding hydrogens is 242 g/mol. The van der Waals surface area contributed by atoms with Crippen molar-refractivity contribution in [1.82, 2.24) is 9.69 Å². The fraction of sp³-hybridized carbons (Fsp3) is 0.444. The zero-order valence-electron chi connectivity index (χ0n) is 9.66. The third-order valence-electron chi connectivity index (χ3n) is 1.94. The second-order valence-electron chi connectivity index (χ2n) is 3.23. The average molecular weight is 257 g/mol. The van der Waals surface area contributed by atoms with Gasteiger partial charge in [-0.25, -0.2) is 4.79 Å². The van der Waals surface area contributed by atoms with Crippen molar-refractivity contribution in [3.8, 4) is 0 Å². The molecule has 5 N–H and O–H groups in total. The quantitative estimate of drug-likeness (QED) is 0.626. The van der Waals surface area contributed by atoms with E-state index >= 15 is 0 Å². The predicted octanol–water partition coefficient (Wildman–Crippen LogP) is 0.815. The highest BCUT2D eigenvalue weighted by Crippen LogP contribution is 2.28. The first-order chi connectivity index (χ1) is 8.10. The number of primary amides is 1. The van der Waals surface area contributed by atoms with E-state index in [0.29, 0.717) is 17.4 Å². The van der Waals surface area contributed by atoms with Gasteiger partial charge in [0.25, 0.3) is 5.91 Å². The third kappa shape index (κ3) is 3.31. The Kier molecular flexibility index (Phi) is 4.70. The van der Waals surface area contributed by atoms with Gasteiger partial charge in [0.05, 0.1) is 0 Å². The summed E-state index contributed by atoms with van der Waals surface area (Å²) in [7, 11) is 1.48. The van der Waals surface area contributed by atoms with Gasteiger partial charge in [0.15, 0.2) is 5.82 Å². The number of aromatic nitrogens is 1. The molecule has 0 fully saturated rings. The number of nitrogens with one attached hydrogen (secondary N) is 3. The van der Waals surface area contributed by atoms with Crippen LogP contribution in [-0.2, 0) is 0 Å². The highest BCUT2D eigenvalue weighted by atomic mass is 32.1. The summed E-state index contributed by atoms with van der Waals surface area (Å²) < 4.78 is 4.05. The molecule has 0 bridgehead atoms. The molecule has 0 saturated carbocycles. The first-order valence-electron chi connectivity index (χ1n) is 5.12. The average Bonchev–Trinajstić information content (AvgIpc) is 2.69. The molecule has 0 radical (unpaired) electrons. The van der Waals surface area contributed by atoms with Crippen molar-refractivity contribution in [1.29, 1.82) is 0 Å². The smallest absolute Gasteiger partial charge is 0.319 e. The molecule has 1 aromatic heterocycles. The number of hydrogen-bond acceptors (Lipinski definition) is 5. The molecule has 0 aliphatic rings.